The molecule has 0 aromatic heterocycles. The van der Waals surface area contributed by atoms with E-state index >= 15 is 0 Å². The lowest BCUT2D eigenvalue weighted by molar-refractivity contribution is 0.779. The molecule has 0 saturated carbocycles. The van der Waals surface area contributed by atoms with Crippen molar-refractivity contribution in [1.29, 1.82) is 0 Å². The van der Waals surface area contributed by atoms with Crippen molar-refractivity contribution < 1.29 is 0 Å². The van der Waals surface area contributed by atoms with Gasteiger partial charge in [-0.05, 0) is 39.3 Å². The van der Waals surface area contributed by atoms with Crippen molar-refractivity contribution in [2.75, 3.05) is 4.90 Å². The first kappa shape index (κ1) is 10.8. The average Bonchev–Trinajstić information content (AvgIpc) is 2.15. The van der Waals surface area contributed by atoms with Crippen LogP contribution in [0.2, 0.25) is 0 Å². The first-order valence-electron chi connectivity index (χ1n) is 5.13. The number of hydrogen-bond acceptors (Lipinski definition) is 1. The summed E-state index contributed by atoms with van der Waals surface area (Å²) < 4.78 is 0. The fourth-order valence-electron chi connectivity index (χ4n) is 1.54. The van der Waals surface area contributed by atoms with E-state index in [0.29, 0.717) is 6.04 Å². The van der Waals surface area contributed by atoms with Gasteiger partial charge in [0.05, 0.1) is 0 Å². The average molecular weight is 189 g/mol. The first-order valence-corrected chi connectivity index (χ1v) is 5.13. The molecular weight excluding hydrogens is 170 g/mol. The molecule has 0 N–H and O–H groups in total. The quantitative estimate of drug-likeness (QED) is 0.700. The van der Waals surface area contributed by atoms with Crippen LogP contribution in [0.5, 0.6) is 0 Å². The summed E-state index contributed by atoms with van der Waals surface area (Å²) >= 11 is 0. The fraction of sp³-hybridized carbons (Fsp3) is 0.385. The lowest BCUT2D eigenvalue weighted by Crippen LogP contribution is -2.25. The molecule has 1 aromatic carbocycles. The Labute approximate surface area is 87.1 Å². The van der Waals surface area contributed by atoms with E-state index in [4.69, 9.17) is 0 Å². The van der Waals surface area contributed by atoms with Crippen LogP contribution in [-0.2, 0) is 0 Å². The van der Waals surface area contributed by atoms with Crippen LogP contribution >= 0.6 is 0 Å². The van der Waals surface area contributed by atoms with Gasteiger partial charge in [0.1, 0.15) is 0 Å². The topological polar surface area (TPSA) is 3.24 Å². The van der Waals surface area contributed by atoms with Crippen molar-refractivity contribution in [3.05, 3.63) is 42.1 Å². The van der Waals surface area contributed by atoms with Crippen LogP contribution in [0.15, 0.2) is 36.5 Å². The van der Waals surface area contributed by atoms with Crippen LogP contribution in [0, 0.1) is 6.92 Å². The minimum atomic E-state index is 0.493. The Morgan fingerprint density at radius 3 is 2.36 bits per heavy atom. The molecule has 0 spiro atoms. The van der Waals surface area contributed by atoms with Gasteiger partial charge in [-0.2, -0.15) is 0 Å². The van der Waals surface area contributed by atoms with Gasteiger partial charge in [0.15, 0.2) is 0 Å². The molecule has 0 bridgehead atoms. The van der Waals surface area contributed by atoms with Gasteiger partial charge in [0.2, 0.25) is 0 Å². The van der Waals surface area contributed by atoms with Crippen molar-refractivity contribution in [1.82, 2.24) is 0 Å². The Hall–Kier alpha value is -1.24. The smallest absolute Gasteiger partial charge is 0.0438 e. The van der Waals surface area contributed by atoms with E-state index in [2.05, 4.69) is 62.2 Å². The summed E-state index contributed by atoms with van der Waals surface area (Å²) in [5.41, 5.74) is 2.61. The molecule has 0 heterocycles. The maximum Gasteiger partial charge on any atom is 0.0438 e. The summed E-state index contributed by atoms with van der Waals surface area (Å²) in [5, 5.41) is 0. The molecule has 0 atom stereocenters. The normalized spacial score (nSPS) is 11.2. The Morgan fingerprint density at radius 2 is 1.86 bits per heavy atom. The SMILES string of the molecule is CC=CN(c1ccccc1C)C(C)C. The predicted molar refractivity (Wildman–Crippen MR) is 63.6 cm³/mol. The van der Waals surface area contributed by atoms with Crippen LogP contribution in [-0.4, -0.2) is 6.04 Å². The molecule has 0 aliphatic heterocycles. The predicted octanol–water partition coefficient (Wildman–Crippen LogP) is 3.74. The largest absolute Gasteiger partial charge is 0.346 e. The number of rotatable bonds is 3. The Balaban J connectivity index is 3.05. The second-order valence-electron chi connectivity index (χ2n) is 3.77. The number of anilines is 1. The summed E-state index contributed by atoms with van der Waals surface area (Å²) in [6.45, 7) is 8.60. The Kier molecular flexibility index (Phi) is 3.75. The van der Waals surface area contributed by atoms with Crippen LogP contribution in [0.4, 0.5) is 5.69 Å². The number of para-hydroxylation sites is 1. The zero-order chi connectivity index (χ0) is 10.6. The van der Waals surface area contributed by atoms with Gasteiger partial charge in [-0.1, -0.05) is 24.3 Å². The van der Waals surface area contributed by atoms with E-state index in [9.17, 15) is 0 Å². The van der Waals surface area contributed by atoms with Crippen LogP contribution < -0.4 is 4.90 Å². The van der Waals surface area contributed by atoms with Gasteiger partial charge in [-0.3, -0.25) is 0 Å². The highest BCUT2D eigenvalue weighted by molar-refractivity contribution is 5.55. The highest BCUT2D eigenvalue weighted by atomic mass is 15.1. The highest BCUT2D eigenvalue weighted by Gasteiger charge is 2.08. The van der Waals surface area contributed by atoms with Crippen molar-refractivity contribution in [2.24, 2.45) is 0 Å². The zero-order valence-electron chi connectivity index (χ0n) is 9.49. The Bertz CT molecular complexity index is 313. The highest BCUT2D eigenvalue weighted by Crippen LogP contribution is 2.21. The molecule has 1 rings (SSSR count). The second-order valence-corrected chi connectivity index (χ2v) is 3.77. The summed E-state index contributed by atoms with van der Waals surface area (Å²) in [6, 6.07) is 8.96. The fourth-order valence-corrected chi connectivity index (χ4v) is 1.54. The van der Waals surface area contributed by atoms with Crippen LogP contribution in [0.25, 0.3) is 0 Å². The zero-order valence-corrected chi connectivity index (χ0v) is 9.49. The number of benzene rings is 1. The van der Waals surface area contributed by atoms with E-state index in [1.165, 1.54) is 11.3 Å². The van der Waals surface area contributed by atoms with Gasteiger partial charge < -0.3 is 4.90 Å². The van der Waals surface area contributed by atoms with E-state index < -0.39 is 0 Å². The van der Waals surface area contributed by atoms with Crippen LogP contribution in [0.1, 0.15) is 26.3 Å². The first-order chi connectivity index (χ1) is 6.66. The number of aryl methyl sites for hydroxylation is 1. The van der Waals surface area contributed by atoms with Crippen LogP contribution in [0.3, 0.4) is 0 Å². The van der Waals surface area contributed by atoms with E-state index in [-0.39, 0.29) is 0 Å². The third kappa shape index (κ3) is 2.38. The summed E-state index contributed by atoms with van der Waals surface area (Å²) in [7, 11) is 0. The number of allylic oxidation sites excluding steroid dienone is 1. The van der Waals surface area contributed by atoms with Gasteiger partial charge >= 0.3 is 0 Å². The maximum absolute atomic E-state index is 2.29. The lowest BCUT2D eigenvalue weighted by atomic mass is 10.1. The maximum atomic E-state index is 2.29. The minimum Gasteiger partial charge on any atom is -0.346 e. The van der Waals surface area contributed by atoms with Gasteiger partial charge in [0, 0.05) is 17.9 Å². The number of hydrogen-bond donors (Lipinski definition) is 0. The van der Waals surface area contributed by atoms with Crippen molar-refractivity contribution in [3.8, 4) is 0 Å². The molecule has 0 fully saturated rings. The van der Waals surface area contributed by atoms with Gasteiger partial charge in [-0.25, -0.2) is 0 Å². The molecule has 0 aliphatic carbocycles. The molecule has 1 heteroatoms. The molecule has 14 heavy (non-hydrogen) atoms. The molecule has 76 valence electrons. The summed E-state index contributed by atoms with van der Waals surface area (Å²) in [6.07, 6.45) is 4.21. The molecular formula is C13H19N. The standard InChI is InChI=1S/C13H19N/c1-5-10-14(11(2)3)13-9-7-6-8-12(13)4/h5-11H,1-4H3. The minimum absolute atomic E-state index is 0.493. The summed E-state index contributed by atoms with van der Waals surface area (Å²) in [5.74, 6) is 0. The van der Waals surface area contributed by atoms with E-state index in [1.807, 2.05) is 6.92 Å². The summed E-state index contributed by atoms with van der Waals surface area (Å²) in [4.78, 5) is 2.29. The monoisotopic (exact) mass is 189 g/mol. The molecule has 0 aliphatic rings. The van der Waals surface area contributed by atoms with Gasteiger partial charge in [-0.15, -0.1) is 0 Å². The van der Waals surface area contributed by atoms with E-state index in [1.54, 1.807) is 0 Å². The third-order valence-corrected chi connectivity index (χ3v) is 2.26. The van der Waals surface area contributed by atoms with Crippen molar-refractivity contribution in [2.45, 2.75) is 33.7 Å². The lowest BCUT2D eigenvalue weighted by Gasteiger charge is -2.26. The third-order valence-electron chi connectivity index (χ3n) is 2.26. The molecule has 1 nitrogen and oxygen atoms in total. The molecule has 1 aromatic rings. The van der Waals surface area contributed by atoms with Crippen molar-refractivity contribution >= 4 is 5.69 Å². The molecule has 0 saturated heterocycles. The molecule has 0 amide bonds. The Morgan fingerprint density at radius 1 is 1.21 bits per heavy atom. The number of nitrogens with zero attached hydrogens (tertiary/aromatic N) is 1. The molecule has 0 radical (unpaired) electrons. The van der Waals surface area contributed by atoms with E-state index in [0.717, 1.165) is 0 Å². The van der Waals surface area contributed by atoms with Gasteiger partial charge in [0.25, 0.3) is 0 Å². The van der Waals surface area contributed by atoms with Crippen molar-refractivity contribution in [3.63, 3.8) is 0 Å². The molecule has 0 unspecified atom stereocenters. The second kappa shape index (κ2) is 4.85.